The van der Waals surface area contributed by atoms with Crippen molar-refractivity contribution in [3.8, 4) is 0 Å². The molecule has 1 atom stereocenters. The summed E-state index contributed by atoms with van der Waals surface area (Å²) in [6.45, 7) is 17.0. The molecule has 0 saturated carbocycles. The fourth-order valence-corrected chi connectivity index (χ4v) is 5.24. The van der Waals surface area contributed by atoms with E-state index in [9.17, 15) is 9.90 Å². The summed E-state index contributed by atoms with van der Waals surface area (Å²) >= 11 is 0. The predicted molar refractivity (Wildman–Crippen MR) is 111 cm³/mol. The Balaban J connectivity index is 1.86. The summed E-state index contributed by atoms with van der Waals surface area (Å²) in [7, 11) is 0. The van der Waals surface area contributed by atoms with Gasteiger partial charge in [-0.05, 0) is 74.3 Å². The minimum atomic E-state index is -1.12. The first-order valence-electron chi connectivity index (χ1n) is 10.4. The number of piperidine rings is 2. The predicted octanol–water partition coefficient (Wildman–Crippen LogP) is 3.04. The maximum atomic E-state index is 12.2. The highest BCUT2D eigenvalue weighted by Crippen LogP contribution is 2.31. The van der Waals surface area contributed by atoms with Crippen LogP contribution in [0, 0.1) is 0 Å². The molecule has 0 bridgehead atoms. The van der Waals surface area contributed by atoms with Gasteiger partial charge in [0.15, 0.2) is 6.29 Å². The third-order valence-corrected chi connectivity index (χ3v) is 5.32. The van der Waals surface area contributed by atoms with E-state index in [1.807, 2.05) is 0 Å². The average molecular weight is 397 g/mol. The third-order valence-electron chi connectivity index (χ3n) is 5.32. The molecule has 2 heterocycles. The zero-order valence-electron chi connectivity index (χ0n) is 18.9. The molecule has 2 rings (SSSR count). The highest BCUT2D eigenvalue weighted by atomic mass is 16.6. The molecular formula is C22H40N2O4. The lowest BCUT2D eigenvalue weighted by Gasteiger charge is -2.46. The molecule has 2 aliphatic heterocycles. The molecule has 0 aromatic heterocycles. The van der Waals surface area contributed by atoms with Gasteiger partial charge in [0, 0.05) is 41.1 Å². The number of aliphatic hydroxyl groups excluding tert-OH is 1. The van der Waals surface area contributed by atoms with E-state index in [2.05, 4.69) is 66.0 Å². The Labute approximate surface area is 170 Å². The highest BCUT2D eigenvalue weighted by Gasteiger charge is 2.40. The number of hydrogen-bond donors (Lipinski definition) is 3. The van der Waals surface area contributed by atoms with E-state index in [1.54, 1.807) is 0 Å². The zero-order valence-corrected chi connectivity index (χ0v) is 18.9. The number of rotatable bonds is 5. The van der Waals surface area contributed by atoms with E-state index >= 15 is 0 Å². The van der Waals surface area contributed by atoms with Crippen LogP contribution < -0.4 is 10.6 Å². The van der Waals surface area contributed by atoms with Crippen LogP contribution in [0.3, 0.4) is 0 Å². The molecule has 0 amide bonds. The maximum Gasteiger partial charge on any atom is 0.330 e. The van der Waals surface area contributed by atoms with E-state index in [4.69, 9.17) is 9.47 Å². The van der Waals surface area contributed by atoms with Crippen molar-refractivity contribution in [2.45, 2.75) is 122 Å². The van der Waals surface area contributed by atoms with Crippen molar-refractivity contribution in [1.29, 1.82) is 0 Å². The standard InChI is InChI=1S/C22H40N2O4/c1-19(2)11-15(12-20(3,4)23-19)27-17(25)9-10-18(26)28-16-13-21(5,6)24-22(7,8)14-16/h9-10,15-17,23-25H,11-14H2,1-8H3. The summed E-state index contributed by atoms with van der Waals surface area (Å²) in [5.74, 6) is -0.438. The van der Waals surface area contributed by atoms with E-state index in [1.165, 1.54) is 12.2 Å². The summed E-state index contributed by atoms with van der Waals surface area (Å²) in [6, 6.07) is 0. The Morgan fingerprint density at radius 3 is 1.68 bits per heavy atom. The van der Waals surface area contributed by atoms with Gasteiger partial charge in [0.05, 0.1) is 6.10 Å². The van der Waals surface area contributed by atoms with Crippen LogP contribution in [-0.2, 0) is 14.3 Å². The van der Waals surface area contributed by atoms with Crippen molar-refractivity contribution in [1.82, 2.24) is 10.6 Å². The molecule has 0 aliphatic carbocycles. The number of aliphatic hydroxyl groups is 1. The smallest absolute Gasteiger partial charge is 0.330 e. The SMILES string of the molecule is CC1(C)CC(OC(=O)C=CC(O)OC2CC(C)(C)NC(C)(C)C2)CC(C)(C)N1. The first-order valence-corrected chi connectivity index (χ1v) is 10.4. The maximum absolute atomic E-state index is 12.2. The molecule has 162 valence electrons. The molecule has 6 nitrogen and oxygen atoms in total. The molecule has 0 aromatic carbocycles. The van der Waals surface area contributed by atoms with Crippen LogP contribution in [0.2, 0.25) is 0 Å². The fourth-order valence-electron chi connectivity index (χ4n) is 5.24. The van der Waals surface area contributed by atoms with Gasteiger partial charge in [-0.3, -0.25) is 0 Å². The number of esters is 1. The van der Waals surface area contributed by atoms with E-state index < -0.39 is 12.3 Å². The van der Waals surface area contributed by atoms with Crippen LogP contribution in [0.4, 0.5) is 0 Å². The zero-order chi connectivity index (χ0) is 21.4. The Morgan fingerprint density at radius 1 is 0.857 bits per heavy atom. The number of nitrogens with one attached hydrogen (secondary N) is 2. The van der Waals surface area contributed by atoms with Gasteiger partial charge in [-0.15, -0.1) is 0 Å². The van der Waals surface area contributed by atoms with Gasteiger partial charge in [-0.25, -0.2) is 4.79 Å². The minimum absolute atomic E-state index is 0.0661. The lowest BCUT2D eigenvalue weighted by molar-refractivity contribution is -0.148. The number of carbonyl (C=O) groups excluding carboxylic acids is 1. The van der Waals surface area contributed by atoms with Crippen molar-refractivity contribution in [2.24, 2.45) is 0 Å². The Bertz CT molecular complexity index is 563. The molecule has 3 N–H and O–H groups in total. The van der Waals surface area contributed by atoms with E-state index in [0.29, 0.717) is 0 Å². The van der Waals surface area contributed by atoms with Gasteiger partial charge in [0.1, 0.15) is 6.10 Å². The molecule has 28 heavy (non-hydrogen) atoms. The minimum Gasteiger partial charge on any atom is -0.459 e. The molecule has 2 aliphatic rings. The lowest BCUT2D eigenvalue weighted by Crippen LogP contribution is -2.59. The summed E-state index contributed by atoms with van der Waals surface area (Å²) in [5, 5.41) is 17.4. The Morgan fingerprint density at radius 2 is 1.25 bits per heavy atom. The molecular weight excluding hydrogens is 356 g/mol. The first kappa shape index (κ1) is 23.3. The highest BCUT2D eigenvalue weighted by molar-refractivity contribution is 5.82. The van der Waals surface area contributed by atoms with Crippen molar-refractivity contribution in [3.05, 3.63) is 12.2 Å². The van der Waals surface area contributed by atoms with Crippen molar-refractivity contribution < 1.29 is 19.4 Å². The molecule has 0 aromatic rings. The van der Waals surface area contributed by atoms with Gasteiger partial charge in [0.2, 0.25) is 0 Å². The van der Waals surface area contributed by atoms with Crippen LogP contribution in [0.25, 0.3) is 0 Å². The fraction of sp³-hybridized carbons (Fsp3) is 0.864. The molecule has 6 heteroatoms. The second kappa shape index (κ2) is 8.05. The number of hydrogen-bond acceptors (Lipinski definition) is 6. The molecule has 2 saturated heterocycles. The van der Waals surface area contributed by atoms with Crippen LogP contribution >= 0.6 is 0 Å². The summed E-state index contributed by atoms with van der Waals surface area (Å²) in [5.41, 5.74) is -0.311. The molecule has 1 unspecified atom stereocenters. The van der Waals surface area contributed by atoms with Gasteiger partial charge in [-0.1, -0.05) is 0 Å². The first-order chi connectivity index (χ1) is 12.6. The molecule has 0 radical (unpaired) electrons. The number of carbonyl (C=O) groups is 1. The molecule has 2 fully saturated rings. The topological polar surface area (TPSA) is 79.8 Å². The van der Waals surface area contributed by atoms with Gasteiger partial charge < -0.3 is 25.2 Å². The molecule has 0 spiro atoms. The van der Waals surface area contributed by atoms with Gasteiger partial charge in [-0.2, -0.15) is 0 Å². The van der Waals surface area contributed by atoms with Gasteiger partial charge >= 0.3 is 5.97 Å². The van der Waals surface area contributed by atoms with Crippen molar-refractivity contribution >= 4 is 5.97 Å². The Hall–Kier alpha value is -0.950. The second-order valence-electron chi connectivity index (χ2n) is 11.2. The van der Waals surface area contributed by atoms with E-state index in [0.717, 1.165) is 25.7 Å². The number of ether oxygens (including phenoxy) is 2. The van der Waals surface area contributed by atoms with Crippen LogP contribution in [0.15, 0.2) is 12.2 Å². The van der Waals surface area contributed by atoms with Crippen LogP contribution in [0.1, 0.15) is 81.1 Å². The summed E-state index contributed by atoms with van der Waals surface area (Å²) in [6.07, 6.45) is 4.42. The third kappa shape index (κ3) is 7.47. The quantitative estimate of drug-likeness (QED) is 0.377. The summed E-state index contributed by atoms with van der Waals surface area (Å²) in [4.78, 5) is 12.2. The van der Waals surface area contributed by atoms with Gasteiger partial charge in [0.25, 0.3) is 0 Å². The van der Waals surface area contributed by atoms with Crippen molar-refractivity contribution in [2.75, 3.05) is 0 Å². The summed E-state index contributed by atoms with van der Waals surface area (Å²) < 4.78 is 11.4. The monoisotopic (exact) mass is 396 g/mol. The Kier molecular flexibility index (Phi) is 6.71. The normalized spacial score (nSPS) is 28.2. The largest absolute Gasteiger partial charge is 0.459 e. The van der Waals surface area contributed by atoms with Crippen LogP contribution in [-0.4, -0.2) is 51.7 Å². The second-order valence-corrected chi connectivity index (χ2v) is 11.2. The lowest BCUT2D eigenvalue weighted by atomic mass is 9.81. The van der Waals surface area contributed by atoms with Crippen LogP contribution in [0.5, 0.6) is 0 Å². The average Bonchev–Trinajstić information content (AvgIpc) is 2.37. The van der Waals surface area contributed by atoms with E-state index in [-0.39, 0.29) is 34.4 Å². The van der Waals surface area contributed by atoms with Crippen molar-refractivity contribution in [3.63, 3.8) is 0 Å².